The fourth-order valence-corrected chi connectivity index (χ4v) is 2.02. The molecule has 0 aliphatic carbocycles. The van der Waals surface area contributed by atoms with Gasteiger partial charge in [-0.2, -0.15) is 0 Å². The first-order valence-corrected chi connectivity index (χ1v) is 5.24. The molecule has 1 aromatic heterocycles. The zero-order valence-corrected chi connectivity index (χ0v) is 9.43. The zero-order chi connectivity index (χ0) is 11.8. The number of hydrogen-bond donors (Lipinski definition) is 0. The molecule has 16 heavy (non-hydrogen) atoms. The lowest BCUT2D eigenvalue weighted by Crippen LogP contribution is -2.42. The van der Waals surface area contributed by atoms with Crippen LogP contribution in [0.4, 0.5) is 0 Å². The van der Waals surface area contributed by atoms with Crippen LogP contribution in [0, 0.1) is 0 Å². The highest BCUT2D eigenvalue weighted by Crippen LogP contribution is 2.27. The molecular weight excluding hydrogens is 204 g/mol. The molecule has 1 aliphatic heterocycles. The summed E-state index contributed by atoms with van der Waals surface area (Å²) in [6.45, 7) is 4.03. The van der Waals surface area contributed by atoms with Crippen molar-refractivity contribution in [2.75, 3.05) is 6.54 Å². The summed E-state index contributed by atoms with van der Waals surface area (Å²) in [6.07, 6.45) is 3.58. The second-order valence-electron chi connectivity index (χ2n) is 4.66. The normalized spacial score (nSPS) is 18.9. The van der Waals surface area contributed by atoms with E-state index in [9.17, 15) is 9.59 Å². The third-order valence-electron chi connectivity index (χ3n) is 2.85. The molecule has 0 saturated carbocycles. The van der Waals surface area contributed by atoms with Crippen molar-refractivity contribution in [3.8, 4) is 0 Å². The average molecular weight is 218 g/mol. The number of carbonyl (C=O) groups is 2. The second-order valence-corrected chi connectivity index (χ2v) is 4.66. The first-order chi connectivity index (χ1) is 7.50. The molecule has 0 spiro atoms. The number of pyridine rings is 1. The first-order valence-electron chi connectivity index (χ1n) is 5.24. The van der Waals surface area contributed by atoms with Crippen molar-refractivity contribution < 1.29 is 9.59 Å². The number of likely N-dealkylation sites (tertiary alicyclic amines) is 1. The van der Waals surface area contributed by atoms with Crippen molar-refractivity contribution in [3.63, 3.8) is 0 Å². The van der Waals surface area contributed by atoms with Crippen LogP contribution in [0.15, 0.2) is 24.5 Å². The van der Waals surface area contributed by atoms with E-state index < -0.39 is 0 Å². The van der Waals surface area contributed by atoms with Gasteiger partial charge in [-0.25, -0.2) is 0 Å². The summed E-state index contributed by atoms with van der Waals surface area (Å²) < 4.78 is 0. The molecule has 4 nitrogen and oxygen atoms in total. The number of rotatable bonds is 1. The minimum absolute atomic E-state index is 0.113. The lowest BCUT2D eigenvalue weighted by atomic mass is 10.0. The smallest absolute Gasteiger partial charge is 0.256 e. The average Bonchev–Trinajstić information content (AvgIpc) is 2.52. The number of aromatic nitrogens is 1. The van der Waals surface area contributed by atoms with Gasteiger partial charge in [0, 0.05) is 24.4 Å². The molecule has 1 aromatic rings. The molecule has 0 aromatic carbocycles. The number of ketones is 1. The highest BCUT2D eigenvalue weighted by atomic mass is 16.2. The summed E-state index contributed by atoms with van der Waals surface area (Å²) in [5.74, 6) is -0.00816. The third kappa shape index (κ3) is 1.83. The molecule has 0 atom stereocenters. The Labute approximate surface area is 94.3 Å². The predicted octanol–water partition coefficient (Wildman–Crippen LogP) is 1.28. The van der Waals surface area contributed by atoms with Gasteiger partial charge in [0.1, 0.15) is 0 Å². The van der Waals surface area contributed by atoms with Crippen LogP contribution in [0.1, 0.15) is 30.6 Å². The minimum atomic E-state index is -0.385. The van der Waals surface area contributed by atoms with E-state index in [0.717, 1.165) is 0 Å². The van der Waals surface area contributed by atoms with Crippen molar-refractivity contribution in [1.82, 2.24) is 9.88 Å². The Balaban J connectivity index is 2.27. The molecule has 84 valence electrons. The van der Waals surface area contributed by atoms with Crippen molar-refractivity contribution in [2.45, 2.75) is 25.8 Å². The molecule has 2 rings (SSSR count). The molecule has 1 aliphatic rings. The zero-order valence-electron chi connectivity index (χ0n) is 9.43. The van der Waals surface area contributed by atoms with E-state index in [1.165, 1.54) is 6.20 Å². The van der Waals surface area contributed by atoms with Gasteiger partial charge < -0.3 is 4.90 Å². The highest BCUT2D eigenvalue weighted by Gasteiger charge is 2.40. The van der Waals surface area contributed by atoms with Crippen LogP contribution in [0.2, 0.25) is 0 Å². The quantitative estimate of drug-likeness (QED) is 0.713. The van der Waals surface area contributed by atoms with E-state index in [1.54, 1.807) is 23.2 Å². The van der Waals surface area contributed by atoms with Gasteiger partial charge in [0.15, 0.2) is 5.78 Å². The first kappa shape index (κ1) is 10.8. The van der Waals surface area contributed by atoms with Crippen LogP contribution in [0.3, 0.4) is 0 Å². The third-order valence-corrected chi connectivity index (χ3v) is 2.85. The van der Waals surface area contributed by atoms with Crippen LogP contribution >= 0.6 is 0 Å². The molecule has 4 heteroatoms. The molecule has 0 radical (unpaired) electrons. The summed E-state index contributed by atoms with van der Waals surface area (Å²) in [5.41, 5.74) is 0.148. The van der Waals surface area contributed by atoms with E-state index in [1.807, 2.05) is 13.8 Å². The van der Waals surface area contributed by atoms with Gasteiger partial charge in [0.05, 0.1) is 12.1 Å². The van der Waals surface area contributed by atoms with Crippen LogP contribution in [-0.2, 0) is 4.79 Å². The van der Waals surface area contributed by atoms with Gasteiger partial charge in [0.25, 0.3) is 5.91 Å². The fraction of sp³-hybridized carbons (Fsp3) is 0.417. The topological polar surface area (TPSA) is 50.3 Å². The molecule has 0 N–H and O–H groups in total. The van der Waals surface area contributed by atoms with Crippen molar-refractivity contribution in [2.24, 2.45) is 0 Å². The highest BCUT2D eigenvalue weighted by molar-refractivity contribution is 5.99. The van der Waals surface area contributed by atoms with Crippen LogP contribution in [0.5, 0.6) is 0 Å². The number of amides is 1. The van der Waals surface area contributed by atoms with E-state index >= 15 is 0 Å². The Morgan fingerprint density at radius 1 is 1.50 bits per heavy atom. The molecule has 0 bridgehead atoms. The maximum atomic E-state index is 12.1. The lowest BCUT2D eigenvalue weighted by molar-refractivity contribution is -0.116. The second kappa shape index (κ2) is 3.70. The van der Waals surface area contributed by atoms with E-state index in [4.69, 9.17) is 0 Å². The number of nitrogens with zero attached hydrogens (tertiary/aromatic N) is 2. The van der Waals surface area contributed by atoms with Crippen molar-refractivity contribution >= 4 is 11.7 Å². The predicted molar refractivity (Wildman–Crippen MR) is 59.0 cm³/mol. The van der Waals surface area contributed by atoms with Gasteiger partial charge in [-0.1, -0.05) is 0 Å². The van der Waals surface area contributed by atoms with Crippen LogP contribution in [0.25, 0.3) is 0 Å². The molecule has 0 unspecified atom stereocenters. The maximum Gasteiger partial charge on any atom is 0.256 e. The summed E-state index contributed by atoms with van der Waals surface area (Å²) in [6, 6.07) is 3.44. The molecule has 2 heterocycles. The Morgan fingerprint density at radius 2 is 2.25 bits per heavy atom. The Morgan fingerprint density at radius 3 is 2.75 bits per heavy atom. The van der Waals surface area contributed by atoms with Crippen LogP contribution < -0.4 is 0 Å². The van der Waals surface area contributed by atoms with E-state index in [0.29, 0.717) is 12.0 Å². The van der Waals surface area contributed by atoms with Crippen LogP contribution in [-0.4, -0.2) is 33.7 Å². The van der Waals surface area contributed by atoms with Gasteiger partial charge in [-0.3, -0.25) is 14.6 Å². The van der Waals surface area contributed by atoms with Gasteiger partial charge >= 0.3 is 0 Å². The summed E-state index contributed by atoms with van der Waals surface area (Å²) in [7, 11) is 0. The summed E-state index contributed by atoms with van der Waals surface area (Å²) >= 11 is 0. The van der Waals surface area contributed by atoms with Gasteiger partial charge in [0.2, 0.25) is 0 Å². The maximum absolute atomic E-state index is 12.1. The minimum Gasteiger partial charge on any atom is -0.326 e. The SMILES string of the molecule is CC1(C)CC(=O)CN1C(=O)c1cccnc1. The molecular formula is C12H14N2O2. The van der Waals surface area contributed by atoms with Gasteiger partial charge in [-0.15, -0.1) is 0 Å². The Hall–Kier alpha value is -1.71. The van der Waals surface area contributed by atoms with Crippen molar-refractivity contribution in [3.05, 3.63) is 30.1 Å². The van der Waals surface area contributed by atoms with E-state index in [-0.39, 0.29) is 23.8 Å². The molecule has 1 fully saturated rings. The standard InChI is InChI=1S/C12H14N2O2/c1-12(2)6-10(15)8-14(12)11(16)9-4-3-5-13-7-9/h3-5,7H,6,8H2,1-2H3. The molecule has 1 amide bonds. The van der Waals surface area contributed by atoms with Crippen molar-refractivity contribution in [1.29, 1.82) is 0 Å². The Bertz CT molecular complexity index is 426. The Kier molecular flexibility index (Phi) is 2.50. The lowest BCUT2D eigenvalue weighted by Gasteiger charge is -2.30. The van der Waals surface area contributed by atoms with Gasteiger partial charge in [-0.05, 0) is 26.0 Å². The summed E-state index contributed by atoms with van der Waals surface area (Å²) in [4.78, 5) is 29.1. The number of hydrogen-bond acceptors (Lipinski definition) is 3. The molecule has 1 saturated heterocycles. The van der Waals surface area contributed by atoms with E-state index in [2.05, 4.69) is 4.98 Å². The largest absolute Gasteiger partial charge is 0.326 e. The monoisotopic (exact) mass is 218 g/mol. The summed E-state index contributed by atoms with van der Waals surface area (Å²) in [5, 5.41) is 0. The number of carbonyl (C=O) groups excluding carboxylic acids is 2. The fourth-order valence-electron chi connectivity index (χ4n) is 2.02. The number of Topliss-reactive ketones (excluding diaryl/α,β-unsaturated/α-hetero) is 1.